The largest absolute Gasteiger partial charge is 0.243 e. The van der Waals surface area contributed by atoms with Crippen LogP contribution in [0.25, 0.3) is 0 Å². The van der Waals surface area contributed by atoms with Crippen LogP contribution in [-0.2, 0) is 9.84 Å². The van der Waals surface area contributed by atoms with Crippen LogP contribution < -0.4 is 0 Å². The van der Waals surface area contributed by atoms with E-state index in [1.807, 2.05) is 0 Å². The van der Waals surface area contributed by atoms with E-state index in [4.69, 9.17) is 0 Å². The maximum absolute atomic E-state index is 13.1. The Kier molecular flexibility index (Phi) is 1.54. The summed E-state index contributed by atoms with van der Waals surface area (Å²) in [4.78, 5) is 0. The van der Waals surface area contributed by atoms with Crippen LogP contribution in [0.5, 0.6) is 0 Å². The van der Waals surface area contributed by atoms with Crippen molar-refractivity contribution in [2.24, 2.45) is 0 Å². The lowest BCUT2D eigenvalue weighted by molar-refractivity contribution is 0.194. The van der Waals surface area contributed by atoms with Crippen LogP contribution in [-0.4, -0.2) is 25.1 Å². The topological polar surface area (TPSA) is 34.1 Å². The minimum Gasteiger partial charge on any atom is -0.243 e. The van der Waals surface area contributed by atoms with Crippen molar-refractivity contribution < 1.29 is 12.8 Å². The quantitative estimate of drug-likeness (QED) is 0.536. The summed E-state index contributed by atoms with van der Waals surface area (Å²) < 4.78 is 35.0. The molecule has 1 heterocycles. The van der Waals surface area contributed by atoms with Gasteiger partial charge in [0.2, 0.25) is 0 Å². The number of rotatable bonds is 0. The lowest BCUT2D eigenvalue weighted by Crippen LogP contribution is -2.29. The lowest BCUT2D eigenvalue weighted by atomic mass is 10.0. The number of alkyl halides is 1. The van der Waals surface area contributed by atoms with Crippen molar-refractivity contribution in [2.75, 3.05) is 5.75 Å². The normalized spacial score (nSPS) is 45.7. The highest BCUT2D eigenvalue weighted by Crippen LogP contribution is 2.33. The van der Waals surface area contributed by atoms with Gasteiger partial charge in [0.25, 0.3) is 0 Å². The van der Waals surface area contributed by atoms with Crippen LogP contribution in [0.3, 0.4) is 0 Å². The summed E-state index contributed by atoms with van der Waals surface area (Å²) in [7, 11) is -3.11. The third-order valence-corrected chi connectivity index (χ3v) is 4.60. The van der Waals surface area contributed by atoms with Gasteiger partial charge in [-0.15, -0.1) is 0 Å². The molecule has 0 aromatic carbocycles. The minimum absolute atomic E-state index is 0.00116. The fraction of sp³-hybridized carbons (Fsp3) is 1.00. The molecule has 60 valence electrons. The highest BCUT2D eigenvalue weighted by molar-refractivity contribution is 7.92. The Balaban J connectivity index is 2.99. The van der Waals surface area contributed by atoms with E-state index in [0.717, 1.165) is 0 Å². The van der Waals surface area contributed by atoms with Crippen LogP contribution in [0, 0.1) is 0 Å². The van der Waals surface area contributed by atoms with Crippen molar-refractivity contribution in [1.82, 2.24) is 0 Å². The summed E-state index contributed by atoms with van der Waals surface area (Å²) in [5.74, 6) is 0.00116. The molecule has 0 N–H and O–H groups in total. The molecule has 1 rings (SSSR count). The average molecular weight is 166 g/mol. The van der Waals surface area contributed by atoms with Gasteiger partial charge < -0.3 is 0 Å². The first-order chi connectivity index (χ1) is 4.36. The zero-order valence-corrected chi connectivity index (χ0v) is 6.91. The molecule has 0 aromatic rings. The summed E-state index contributed by atoms with van der Waals surface area (Å²) in [6.45, 7) is 2.78. The van der Waals surface area contributed by atoms with Gasteiger partial charge in [-0.3, -0.25) is 0 Å². The van der Waals surface area contributed by atoms with Crippen molar-refractivity contribution in [3.05, 3.63) is 0 Å². The third-order valence-electron chi connectivity index (χ3n) is 2.26. The molecule has 1 aliphatic heterocycles. The molecule has 1 fully saturated rings. The van der Waals surface area contributed by atoms with Crippen molar-refractivity contribution in [3.63, 3.8) is 0 Å². The minimum atomic E-state index is -3.11. The Morgan fingerprint density at radius 2 is 2.10 bits per heavy atom. The summed E-state index contributed by atoms with van der Waals surface area (Å²) in [5, 5.41) is -0.819. The molecule has 2 unspecified atom stereocenters. The molecule has 0 saturated carbocycles. The average Bonchev–Trinajstić information content (AvgIpc) is 1.95. The molecule has 0 spiro atoms. The molecule has 0 amide bonds. The Morgan fingerprint density at radius 3 is 2.20 bits per heavy atom. The summed E-state index contributed by atoms with van der Waals surface area (Å²) in [5.41, 5.74) is -1.50. The Morgan fingerprint density at radius 1 is 1.60 bits per heavy atom. The smallest absolute Gasteiger partial charge is 0.156 e. The fourth-order valence-electron chi connectivity index (χ4n) is 1.10. The van der Waals surface area contributed by atoms with Crippen molar-refractivity contribution in [1.29, 1.82) is 0 Å². The molecule has 2 nitrogen and oxygen atoms in total. The SMILES string of the molecule is CC1C(C)(F)CCS1(=O)=O. The highest BCUT2D eigenvalue weighted by Gasteiger charge is 2.46. The van der Waals surface area contributed by atoms with E-state index in [1.165, 1.54) is 13.8 Å². The maximum atomic E-state index is 13.1. The second-order valence-electron chi connectivity index (χ2n) is 3.04. The van der Waals surface area contributed by atoms with E-state index in [2.05, 4.69) is 0 Å². The molecule has 0 aromatic heterocycles. The van der Waals surface area contributed by atoms with E-state index in [-0.39, 0.29) is 12.2 Å². The Hall–Kier alpha value is -0.120. The number of sulfone groups is 1. The molecule has 10 heavy (non-hydrogen) atoms. The molecule has 0 radical (unpaired) electrons. The first-order valence-corrected chi connectivity index (χ1v) is 4.98. The Bertz CT molecular complexity index is 230. The standard InChI is InChI=1S/C6H11FO2S/c1-5-6(2,7)3-4-10(5,8)9/h5H,3-4H2,1-2H3. The van der Waals surface area contributed by atoms with Crippen molar-refractivity contribution in [2.45, 2.75) is 31.2 Å². The van der Waals surface area contributed by atoms with E-state index in [9.17, 15) is 12.8 Å². The number of hydrogen-bond donors (Lipinski definition) is 0. The molecular weight excluding hydrogens is 155 g/mol. The second-order valence-corrected chi connectivity index (χ2v) is 5.48. The van der Waals surface area contributed by atoms with Crippen LogP contribution in [0.4, 0.5) is 4.39 Å². The molecule has 0 bridgehead atoms. The van der Waals surface area contributed by atoms with Crippen molar-refractivity contribution >= 4 is 9.84 Å². The highest BCUT2D eigenvalue weighted by atomic mass is 32.2. The zero-order valence-electron chi connectivity index (χ0n) is 6.09. The van der Waals surface area contributed by atoms with E-state index in [1.54, 1.807) is 0 Å². The third kappa shape index (κ3) is 1.05. The summed E-state index contributed by atoms with van der Waals surface area (Å²) >= 11 is 0. The van der Waals surface area contributed by atoms with Gasteiger partial charge in [0.15, 0.2) is 9.84 Å². The van der Waals surface area contributed by atoms with Crippen LogP contribution in [0.15, 0.2) is 0 Å². The summed E-state index contributed by atoms with van der Waals surface area (Å²) in [6.07, 6.45) is 0.149. The van der Waals surface area contributed by atoms with Gasteiger partial charge in [0, 0.05) is 0 Å². The van der Waals surface area contributed by atoms with Gasteiger partial charge >= 0.3 is 0 Å². The predicted molar refractivity (Wildman–Crippen MR) is 37.4 cm³/mol. The van der Waals surface area contributed by atoms with E-state index < -0.39 is 20.8 Å². The molecule has 0 aliphatic carbocycles. The first kappa shape index (κ1) is 7.98. The van der Waals surface area contributed by atoms with Gasteiger partial charge in [0.05, 0.1) is 11.0 Å². The van der Waals surface area contributed by atoms with Gasteiger partial charge in [-0.05, 0) is 20.3 Å². The van der Waals surface area contributed by atoms with Crippen molar-refractivity contribution in [3.8, 4) is 0 Å². The van der Waals surface area contributed by atoms with Gasteiger partial charge in [-0.2, -0.15) is 0 Å². The van der Waals surface area contributed by atoms with E-state index in [0.29, 0.717) is 0 Å². The molecular formula is C6H11FO2S. The molecule has 2 atom stereocenters. The molecule has 1 saturated heterocycles. The monoisotopic (exact) mass is 166 g/mol. The van der Waals surface area contributed by atoms with Crippen LogP contribution >= 0.6 is 0 Å². The van der Waals surface area contributed by atoms with Gasteiger partial charge in [-0.25, -0.2) is 12.8 Å². The van der Waals surface area contributed by atoms with Gasteiger partial charge in [-0.1, -0.05) is 0 Å². The maximum Gasteiger partial charge on any atom is 0.156 e. The fourth-order valence-corrected chi connectivity index (χ4v) is 3.00. The molecule has 4 heteroatoms. The first-order valence-electron chi connectivity index (χ1n) is 3.27. The van der Waals surface area contributed by atoms with Crippen LogP contribution in [0.2, 0.25) is 0 Å². The Labute approximate surface area is 60.3 Å². The van der Waals surface area contributed by atoms with Crippen LogP contribution in [0.1, 0.15) is 20.3 Å². The number of hydrogen-bond acceptors (Lipinski definition) is 2. The lowest BCUT2D eigenvalue weighted by Gasteiger charge is -2.15. The number of halogens is 1. The second kappa shape index (κ2) is 1.94. The molecule has 1 aliphatic rings. The zero-order chi connectivity index (χ0) is 7.99. The summed E-state index contributed by atoms with van der Waals surface area (Å²) in [6, 6.07) is 0. The predicted octanol–water partition coefficient (Wildman–Crippen LogP) is 0.922. The van der Waals surface area contributed by atoms with Gasteiger partial charge in [0.1, 0.15) is 5.67 Å². The van der Waals surface area contributed by atoms with E-state index >= 15 is 0 Å².